The molecule has 0 atom stereocenters. The van der Waals surface area contributed by atoms with Crippen molar-refractivity contribution in [3.63, 3.8) is 0 Å². The molecule has 1 rings (SSSR count). The smallest absolute Gasteiger partial charge is 0.0398 e. The van der Waals surface area contributed by atoms with E-state index < -0.39 is 0 Å². The molecule has 0 nitrogen and oxygen atoms in total. The van der Waals surface area contributed by atoms with Crippen LogP contribution in [0.3, 0.4) is 0 Å². The minimum absolute atomic E-state index is 1.33. The number of benzene rings is 1. The molecule has 1 aromatic carbocycles. The zero-order chi connectivity index (χ0) is 16.0. The lowest BCUT2D eigenvalue weighted by Crippen LogP contribution is -1.70. The van der Waals surface area contributed by atoms with E-state index in [-0.39, 0.29) is 0 Å². The molecule has 0 saturated heterocycles. The third-order valence-corrected chi connectivity index (χ3v) is 1.22. The number of hydrogen-bond donors (Lipinski definition) is 0. The van der Waals surface area contributed by atoms with Crippen molar-refractivity contribution in [2.24, 2.45) is 0 Å². The molecule has 0 fully saturated rings. The van der Waals surface area contributed by atoms with E-state index in [2.05, 4.69) is 51.0 Å². The fraction of sp³-hybridized carbons (Fsp3) is 0.556. The summed E-state index contributed by atoms with van der Waals surface area (Å²) in [5.41, 5.74) is 2.66. The highest BCUT2D eigenvalue weighted by Crippen LogP contribution is 1.99. The molecule has 0 aliphatic rings. The molecule has 0 bridgehead atoms. The summed E-state index contributed by atoms with van der Waals surface area (Å²) < 4.78 is 0. The van der Waals surface area contributed by atoms with Crippen molar-refractivity contribution in [2.75, 3.05) is 0 Å². The number of rotatable bonds is 0. The Balaban J connectivity index is -0.0000000482. The fourth-order valence-electron chi connectivity index (χ4n) is 0.637. The van der Waals surface area contributed by atoms with Crippen LogP contribution in [0, 0.1) is 26.7 Å². The van der Waals surface area contributed by atoms with Gasteiger partial charge in [0.1, 0.15) is 0 Å². The van der Waals surface area contributed by atoms with Gasteiger partial charge >= 0.3 is 0 Å². The first kappa shape index (κ1) is 30.1. The first-order chi connectivity index (χ1) is 8.79. The predicted molar refractivity (Wildman–Crippen MR) is 91.2 cm³/mol. The molecule has 0 heteroatoms. The minimum Gasteiger partial charge on any atom is -0.124 e. The summed E-state index contributed by atoms with van der Waals surface area (Å²) in [6.07, 6.45) is 8.00. The molecule has 18 heavy (non-hydrogen) atoms. The molecule has 0 aliphatic carbocycles. The third-order valence-electron chi connectivity index (χ3n) is 1.22. The summed E-state index contributed by atoms with van der Waals surface area (Å²) in [5, 5.41) is 0. The Hall–Kier alpha value is -1.22. The minimum atomic E-state index is 1.33. The fourth-order valence-corrected chi connectivity index (χ4v) is 0.637. The maximum absolute atomic E-state index is 4.00. The SMILES string of the molecule is C#C.CC.CC.CC.CC.Cc1ccc(C)cc1. The van der Waals surface area contributed by atoms with Gasteiger partial charge in [0, 0.05) is 0 Å². The van der Waals surface area contributed by atoms with Crippen LogP contribution in [0.15, 0.2) is 24.3 Å². The van der Waals surface area contributed by atoms with Crippen LogP contribution in [-0.4, -0.2) is 0 Å². The molecule has 108 valence electrons. The summed E-state index contributed by atoms with van der Waals surface area (Å²) in [6.45, 7) is 20.2. The van der Waals surface area contributed by atoms with Gasteiger partial charge in [0.2, 0.25) is 0 Å². The van der Waals surface area contributed by atoms with Crippen molar-refractivity contribution in [3.05, 3.63) is 35.4 Å². The quantitative estimate of drug-likeness (QED) is 0.453. The Morgan fingerprint density at radius 3 is 0.722 bits per heavy atom. The van der Waals surface area contributed by atoms with Crippen molar-refractivity contribution in [3.8, 4) is 12.8 Å². The highest BCUT2D eigenvalue weighted by atomic mass is 13.9. The summed E-state index contributed by atoms with van der Waals surface area (Å²) in [4.78, 5) is 0. The van der Waals surface area contributed by atoms with Crippen LogP contribution in [0.5, 0.6) is 0 Å². The lowest BCUT2D eigenvalue weighted by molar-refractivity contribution is 1.40. The molecular weight excluding hydrogens is 216 g/mol. The molecule has 0 N–H and O–H groups in total. The molecule has 0 saturated carbocycles. The van der Waals surface area contributed by atoms with Gasteiger partial charge in [0.05, 0.1) is 0 Å². The molecule has 1 aromatic rings. The topological polar surface area (TPSA) is 0 Å². The van der Waals surface area contributed by atoms with Gasteiger partial charge in [-0.1, -0.05) is 90.8 Å². The zero-order valence-electron chi connectivity index (χ0n) is 14.5. The Kier molecular flexibility index (Phi) is 74.8. The molecule has 0 amide bonds. The molecule has 0 heterocycles. The van der Waals surface area contributed by atoms with Crippen molar-refractivity contribution >= 4 is 0 Å². The third kappa shape index (κ3) is 36.4. The van der Waals surface area contributed by atoms with Crippen LogP contribution in [0.25, 0.3) is 0 Å². The molecular formula is C18H36. The Morgan fingerprint density at radius 1 is 0.500 bits per heavy atom. The number of hydrogen-bond acceptors (Lipinski definition) is 0. The average Bonchev–Trinajstić information content (AvgIpc) is 2.52. The van der Waals surface area contributed by atoms with E-state index >= 15 is 0 Å². The van der Waals surface area contributed by atoms with Gasteiger partial charge in [-0.25, -0.2) is 0 Å². The van der Waals surface area contributed by atoms with E-state index in [0.717, 1.165) is 0 Å². The maximum Gasteiger partial charge on any atom is -0.0398 e. The van der Waals surface area contributed by atoms with E-state index in [4.69, 9.17) is 0 Å². The first-order valence-electron chi connectivity index (χ1n) is 7.15. The van der Waals surface area contributed by atoms with Crippen LogP contribution in [0.2, 0.25) is 0 Å². The highest BCUT2D eigenvalue weighted by molar-refractivity contribution is 5.19. The van der Waals surface area contributed by atoms with Crippen LogP contribution < -0.4 is 0 Å². The highest BCUT2D eigenvalue weighted by Gasteiger charge is 1.79. The normalized spacial score (nSPS) is 5.56. The monoisotopic (exact) mass is 252 g/mol. The van der Waals surface area contributed by atoms with E-state index in [1.54, 1.807) is 0 Å². The Labute approximate surface area is 118 Å². The van der Waals surface area contributed by atoms with E-state index in [9.17, 15) is 0 Å². The van der Waals surface area contributed by atoms with E-state index in [1.165, 1.54) is 11.1 Å². The van der Waals surface area contributed by atoms with Gasteiger partial charge < -0.3 is 0 Å². The Bertz CT molecular complexity index is 170. The second-order valence-electron chi connectivity index (χ2n) is 2.15. The molecule has 0 aliphatic heterocycles. The molecule has 0 spiro atoms. The predicted octanol–water partition coefficient (Wildman–Crippen LogP) is 6.66. The van der Waals surface area contributed by atoms with Gasteiger partial charge in [-0.05, 0) is 13.8 Å². The molecule has 0 radical (unpaired) electrons. The largest absolute Gasteiger partial charge is 0.124 e. The van der Waals surface area contributed by atoms with E-state index in [0.29, 0.717) is 0 Å². The number of terminal acetylenes is 1. The lowest BCUT2D eigenvalue weighted by atomic mass is 10.2. The van der Waals surface area contributed by atoms with Crippen LogP contribution >= 0.6 is 0 Å². The van der Waals surface area contributed by atoms with Crippen molar-refractivity contribution < 1.29 is 0 Å². The number of aryl methyl sites for hydroxylation is 2. The zero-order valence-corrected chi connectivity index (χ0v) is 14.5. The van der Waals surface area contributed by atoms with Crippen LogP contribution in [0.4, 0.5) is 0 Å². The van der Waals surface area contributed by atoms with Gasteiger partial charge in [-0.3, -0.25) is 0 Å². The van der Waals surface area contributed by atoms with Crippen molar-refractivity contribution in [1.82, 2.24) is 0 Å². The standard InChI is InChI=1S/C8H10.4C2H6.C2H2/c1-7-3-5-8(2)6-4-7;5*1-2/h3-6H,1-2H3;4*1-2H3;1-2H. The second-order valence-corrected chi connectivity index (χ2v) is 2.15. The van der Waals surface area contributed by atoms with Crippen LogP contribution in [0.1, 0.15) is 66.5 Å². The van der Waals surface area contributed by atoms with E-state index in [1.807, 2.05) is 55.4 Å². The molecule has 0 aromatic heterocycles. The first-order valence-corrected chi connectivity index (χ1v) is 7.15. The Morgan fingerprint density at radius 2 is 0.611 bits per heavy atom. The lowest BCUT2D eigenvalue weighted by Gasteiger charge is -1.90. The summed E-state index contributed by atoms with van der Waals surface area (Å²) in [7, 11) is 0. The second kappa shape index (κ2) is 44.7. The average molecular weight is 252 g/mol. The molecule has 0 unspecified atom stereocenters. The van der Waals surface area contributed by atoms with Crippen LogP contribution in [-0.2, 0) is 0 Å². The van der Waals surface area contributed by atoms with Crippen molar-refractivity contribution in [1.29, 1.82) is 0 Å². The maximum atomic E-state index is 4.00. The van der Waals surface area contributed by atoms with Gasteiger partial charge in [0.25, 0.3) is 0 Å². The summed E-state index contributed by atoms with van der Waals surface area (Å²) >= 11 is 0. The van der Waals surface area contributed by atoms with Crippen molar-refractivity contribution in [2.45, 2.75) is 69.2 Å². The van der Waals surface area contributed by atoms with Gasteiger partial charge in [-0.15, -0.1) is 12.8 Å². The van der Waals surface area contributed by atoms with Gasteiger partial charge in [0.15, 0.2) is 0 Å². The summed E-state index contributed by atoms with van der Waals surface area (Å²) in [5.74, 6) is 0. The van der Waals surface area contributed by atoms with Gasteiger partial charge in [-0.2, -0.15) is 0 Å². The summed E-state index contributed by atoms with van der Waals surface area (Å²) in [6, 6.07) is 8.48.